The summed E-state index contributed by atoms with van der Waals surface area (Å²) in [5, 5.41) is 7.08. The van der Waals surface area contributed by atoms with E-state index in [1.165, 1.54) is 6.21 Å². The molecule has 2 rings (SSSR count). The summed E-state index contributed by atoms with van der Waals surface area (Å²) in [7, 11) is 1.56. The van der Waals surface area contributed by atoms with Crippen molar-refractivity contribution < 1.29 is 14.3 Å². The van der Waals surface area contributed by atoms with Crippen LogP contribution in [0, 0.1) is 0 Å². The molecule has 132 valence electrons. The topological polar surface area (TPSA) is 72.0 Å². The number of hydrazone groups is 1. The average molecular weight is 427 g/mol. The van der Waals surface area contributed by atoms with Gasteiger partial charge in [-0.3, -0.25) is 0 Å². The quantitative estimate of drug-likeness (QED) is 0.521. The number of nitrogens with one attached hydrogen (secondary N) is 2. The van der Waals surface area contributed by atoms with E-state index >= 15 is 0 Å². The number of halogens is 2. The fourth-order valence-electron chi connectivity index (χ4n) is 1.99. The van der Waals surface area contributed by atoms with Gasteiger partial charge in [-0.15, -0.1) is 0 Å². The van der Waals surface area contributed by atoms with Gasteiger partial charge >= 0.3 is 6.03 Å². The molecule has 0 spiro atoms. The standard InChI is InChI=1S/C17H17BrClN3O3/c1-3-25-16-14(18)7-11(8-15(16)24-2)10-20-22-17(23)21-13-6-4-5-12(19)9-13/h4-10H,3H2,1-2H3,(H2,21,22,23)/b20-10-. The molecule has 0 aliphatic rings. The molecule has 2 amide bonds. The molecule has 25 heavy (non-hydrogen) atoms. The number of hydrogen-bond acceptors (Lipinski definition) is 4. The number of hydrogen-bond donors (Lipinski definition) is 2. The minimum atomic E-state index is -0.476. The lowest BCUT2D eigenvalue weighted by molar-refractivity contribution is 0.252. The van der Waals surface area contributed by atoms with Gasteiger partial charge in [-0.05, 0) is 58.7 Å². The maximum Gasteiger partial charge on any atom is 0.339 e. The first kappa shape index (κ1) is 19.1. The van der Waals surface area contributed by atoms with Crippen molar-refractivity contribution in [3.8, 4) is 11.5 Å². The van der Waals surface area contributed by atoms with E-state index in [0.717, 1.165) is 10.0 Å². The summed E-state index contributed by atoms with van der Waals surface area (Å²) in [6.45, 7) is 2.41. The molecule has 0 atom stereocenters. The van der Waals surface area contributed by atoms with Gasteiger partial charge in [0.05, 0.1) is 24.4 Å². The normalized spacial score (nSPS) is 10.6. The van der Waals surface area contributed by atoms with Crippen molar-refractivity contribution in [2.75, 3.05) is 19.0 Å². The lowest BCUT2D eigenvalue weighted by Crippen LogP contribution is -2.24. The minimum absolute atomic E-state index is 0.476. The van der Waals surface area contributed by atoms with Crippen molar-refractivity contribution in [2.24, 2.45) is 5.10 Å². The molecule has 0 aliphatic heterocycles. The summed E-state index contributed by atoms with van der Waals surface area (Å²) in [6.07, 6.45) is 1.50. The predicted octanol–water partition coefficient (Wildman–Crippen LogP) is 4.67. The number of rotatable bonds is 6. The van der Waals surface area contributed by atoms with Gasteiger partial charge < -0.3 is 14.8 Å². The van der Waals surface area contributed by atoms with Gasteiger partial charge in [-0.2, -0.15) is 5.10 Å². The van der Waals surface area contributed by atoms with Crippen LogP contribution in [0.1, 0.15) is 12.5 Å². The number of anilines is 1. The largest absolute Gasteiger partial charge is 0.493 e. The Hall–Kier alpha value is -2.25. The van der Waals surface area contributed by atoms with E-state index in [4.69, 9.17) is 21.1 Å². The van der Waals surface area contributed by atoms with Crippen LogP contribution in [0.5, 0.6) is 11.5 Å². The van der Waals surface area contributed by atoms with Crippen molar-refractivity contribution in [1.82, 2.24) is 5.43 Å². The number of amides is 2. The Morgan fingerprint density at radius 3 is 2.84 bits per heavy atom. The summed E-state index contributed by atoms with van der Waals surface area (Å²) >= 11 is 9.30. The number of methoxy groups -OCH3 is 1. The molecule has 0 bridgehead atoms. The van der Waals surface area contributed by atoms with E-state index in [9.17, 15) is 4.79 Å². The number of ether oxygens (including phenoxy) is 2. The zero-order chi connectivity index (χ0) is 18.2. The highest BCUT2D eigenvalue weighted by Crippen LogP contribution is 2.36. The molecule has 0 unspecified atom stereocenters. The minimum Gasteiger partial charge on any atom is -0.493 e. The first-order valence-corrected chi connectivity index (χ1v) is 8.56. The Morgan fingerprint density at radius 2 is 2.16 bits per heavy atom. The van der Waals surface area contributed by atoms with Crippen molar-refractivity contribution >= 4 is 45.5 Å². The number of urea groups is 1. The molecule has 0 radical (unpaired) electrons. The molecule has 2 aromatic carbocycles. The average Bonchev–Trinajstić information content (AvgIpc) is 2.57. The zero-order valence-electron chi connectivity index (χ0n) is 13.7. The number of carbonyl (C=O) groups is 1. The first-order valence-electron chi connectivity index (χ1n) is 7.39. The Kier molecular flexibility index (Phi) is 7.09. The van der Waals surface area contributed by atoms with Crippen molar-refractivity contribution in [1.29, 1.82) is 0 Å². The summed E-state index contributed by atoms with van der Waals surface area (Å²) in [5.74, 6) is 1.19. The van der Waals surface area contributed by atoms with Gasteiger partial charge in [0.2, 0.25) is 0 Å². The fourth-order valence-corrected chi connectivity index (χ4v) is 2.75. The first-order chi connectivity index (χ1) is 12.0. The van der Waals surface area contributed by atoms with Gasteiger partial charge in [-0.25, -0.2) is 10.2 Å². The summed E-state index contributed by atoms with van der Waals surface area (Å²) in [6, 6.07) is 9.92. The summed E-state index contributed by atoms with van der Waals surface area (Å²) < 4.78 is 11.6. The van der Waals surface area contributed by atoms with Crippen LogP contribution >= 0.6 is 27.5 Å². The van der Waals surface area contributed by atoms with Crippen LogP contribution in [0.4, 0.5) is 10.5 Å². The SMILES string of the molecule is CCOc1c(Br)cc(/C=N\NC(=O)Nc2cccc(Cl)c2)cc1OC. The molecular weight excluding hydrogens is 410 g/mol. The van der Waals surface area contributed by atoms with E-state index in [-0.39, 0.29) is 0 Å². The van der Waals surface area contributed by atoms with E-state index in [0.29, 0.717) is 28.8 Å². The van der Waals surface area contributed by atoms with Gasteiger partial charge in [0.1, 0.15) is 0 Å². The Balaban J connectivity index is 2.01. The molecule has 0 fully saturated rings. The third-order valence-electron chi connectivity index (χ3n) is 3.00. The molecule has 8 heteroatoms. The van der Waals surface area contributed by atoms with Gasteiger partial charge in [0.25, 0.3) is 0 Å². The summed E-state index contributed by atoms with van der Waals surface area (Å²) in [4.78, 5) is 11.8. The van der Waals surface area contributed by atoms with Crippen LogP contribution in [0.2, 0.25) is 5.02 Å². The van der Waals surface area contributed by atoms with E-state index in [1.807, 2.05) is 13.0 Å². The molecule has 6 nitrogen and oxygen atoms in total. The Bertz CT molecular complexity index is 784. The van der Waals surface area contributed by atoms with Gasteiger partial charge in [0.15, 0.2) is 11.5 Å². The molecule has 2 N–H and O–H groups in total. The van der Waals surface area contributed by atoms with Crippen molar-refractivity contribution in [3.63, 3.8) is 0 Å². The van der Waals surface area contributed by atoms with Crippen LogP contribution < -0.4 is 20.2 Å². The lowest BCUT2D eigenvalue weighted by Gasteiger charge is -2.12. The Labute approximate surface area is 159 Å². The fraction of sp³-hybridized carbons (Fsp3) is 0.176. The van der Waals surface area contributed by atoms with Gasteiger partial charge in [0, 0.05) is 10.7 Å². The van der Waals surface area contributed by atoms with Crippen LogP contribution in [-0.4, -0.2) is 26.0 Å². The molecular formula is C17H17BrClN3O3. The van der Waals surface area contributed by atoms with E-state index < -0.39 is 6.03 Å². The van der Waals surface area contributed by atoms with E-state index in [2.05, 4.69) is 31.8 Å². The van der Waals surface area contributed by atoms with Gasteiger partial charge in [-0.1, -0.05) is 17.7 Å². The van der Waals surface area contributed by atoms with Crippen LogP contribution in [0.25, 0.3) is 0 Å². The van der Waals surface area contributed by atoms with E-state index in [1.54, 1.807) is 37.4 Å². The third-order valence-corrected chi connectivity index (χ3v) is 3.83. The highest BCUT2D eigenvalue weighted by atomic mass is 79.9. The zero-order valence-corrected chi connectivity index (χ0v) is 16.0. The number of carbonyl (C=O) groups excluding carboxylic acids is 1. The summed E-state index contributed by atoms with van der Waals surface area (Å²) in [5.41, 5.74) is 3.69. The molecule has 0 saturated carbocycles. The lowest BCUT2D eigenvalue weighted by atomic mass is 10.2. The molecule has 0 heterocycles. The third kappa shape index (κ3) is 5.65. The highest BCUT2D eigenvalue weighted by molar-refractivity contribution is 9.10. The van der Waals surface area contributed by atoms with Crippen molar-refractivity contribution in [3.05, 3.63) is 51.5 Å². The van der Waals surface area contributed by atoms with Crippen LogP contribution in [0.3, 0.4) is 0 Å². The number of nitrogens with zero attached hydrogens (tertiary/aromatic N) is 1. The molecule has 2 aromatic rings. The monoisotopic (exact) mass is 425 g/mol. The molecule has 0 aromatic heterocycles. The Morgan fingerprint density at radius 1 is 1.36 bits per heavy atom. The maximum atomic E-state index is 11.8. The molecule has 0 saturated heterocycles. The smallest absolute Gasteiger partial charge is 0.339 e. The molecule has 0 aliphatic carbocycles. The van der Waals surface area contributed by atoms with Crippen molar-refractivity contribution in [2.45, 2.75) is 6.92 Å². The second kappa shape index (κ2) is 9.29. The number of benzene rings is 2. The second-order valence-electron chi connectivity index (χ2n) is 4.80. The van der Waals surface area contributed by atoms with Crippen LogP contribution in [-0.2, 0) is 0 Å². The maximum absolute atomic E-state index is 11.8. The van der Waals surface area contributed by atoms with Crippen LogP contribution in [0.15, 0.2) is 46.0 Å². The second-order valence-corrected chi connectivity index (χ2v) is 6.09. The highest BCUT2D eigenvalue weighted by Gasteiger charge is 2.10. The predicted molar refractivity (Wildman–Crippen MR) is 103 cm³/mol.